The highest BCUT2D eigenvalue weighted by Crippen LogP contribution is 2.25. The number of amides is 1. The summed E-state index contributed by atoms with van der Waals surface area (Å²) in [5, 5.41) is 11.8. The van der Waals surface area contributed by atoms with Gasteiger partial charge in [-0.1, -0.05) is 20.8 Å². The van der Waals surface area contributed by atoms with Crippen LogP contribution in [0.25, 0.3) is 0 Å². The van der Waals surface area contributed by atoms with Crippen LogP contribution in [-0.2, 0) is 16.1 Å². The van der Waals surface area contributed by atoms with E-state index < -0.39 is 23.0 Å². The van der Waals surface area contributed by atoms with Crippen molar-refractivity contribution in [3.05, 3.63) is 35.4 Å². The fourth-order valence-electron chi connectivity index (χ4n) is 2.01. The Morgan fingerprint density at radius 2 is 2.04 bits per heavy atom. The van der Waals surface area contributed by atoms with Crippen LogP contribution in [-0.4, -0.2) is 18.6 Å². The van der Waals surface area contributed by atoms with Crippen molar-refractivity contribution in [2.45, 2.75) is 40.3 Å². The van der Waals surface area contributed by atoms with Crippen LogP contribution in [0.15, 0.2) is 18.2 Å². The first kappa shape index (κ1) is 19.0. The molecule has 1 aromatic rings. The minimum absolute atomic E-state index is 0.0925. The van der Waals surface area contributed by atoms with E-state index in [1.807, 2.05) is 26.8 Å². The normalized spacial score (nSPS) is 14.0. The molecular formula is C17H22F2N2O2. The zero-order chi connectivity index (χ0) is 17.6. The highest BCUT2D eigenvalue weighted by atomic mass is 19.1. The SMILES string of the molecule is C[C@@H](COCc1cc(F)ccc1F)NC(=O)[C@H](C#N)C(C)(C)C. The Bertz CT molecular complexity index is 591. The van der Waals surface area contributed by atoms with E-state index in [-0.39, 0.29) is 30.7 Å². The number of nitrogens with one attached hydrogen (secondary N) is 1. The molecule has 23 heavy (non-hydrogen) atoms. The second-order valence-corrected chi connectivity index (χ2v) is 6.59. The van der Waals surface area contributed by atoms with Gasteiger partial charge >= 0.3 is 0 Å². The molecule has 0 heterocycles. The molecule has 0 aromatic heterocycles. The highest BCUT2D eigenvalue weighted by Gasteiger charge is 2.31. The third kappa shape index (κ3) is 5.95. The predicted molar refractivity (Wildman–Crippen MR) is 82.2 cm³/mol. The van der Waals surface area contributed by atoms with Crippen LogP contribution < -0.4 is 5.32 Å². The number of halogens is 2. The van der Waals surface area contributed by atoms with Crippen molar-refractivity contribution in [1.82, 2.24) is 5.32 Å². The van der Waals surface area contributed by atoms with Crippen LogP contribution in [0.3, 0.4) is 0 Å². The van der Waals surface area contributed by atoms with Gasteiger partial charge in [-0.3, -0.25) is 4.79 Å². The molecule has 0 aliphatic carbocycles. The van der Waals surface area contributed by atoms with E-state index >= 15 is 0 Å². The van der Waals surface area contributed by atoms with Crippen LogP contribution in [0.2, 0.25) is 0 Å². The summed E-state index contributed by atoms with van der Waals surface area (Å²) in [5.74, 6) is -2.22. The van der Waals surface area contributed by atoms with E-state index in [1.165, 1.54) is 0 Å². The van der Waals surface area contributed by atoms with Crippen molar-refractivity contribution in [3.8, 4) is 6.07 Å². The van der Waals surface area contributed by atoms with E-state index in [0.717, 1.165) is 18.2 Å². The van der Waals surface area contributed by atoms with Crippen molar-refractivity contribution in [1.29, 1.82) is 5.26 Å². The van der Waals surface area contributed by atoms with Crippen molar-refractivity contribution < 1.29 is 18.3 Å². The van der Waals surface area contributed by atoms with Gasteiger partial charge in [0.15, 0.2) is 0 Å². The smallest absolute Gasteiger partial charge is 0.238 e. The minimum atomic E-state index is -0.773. The van der Waals surface area contributed by atoms with Gasteiger partial charge in [0.1, 0.15) is 17.6 Å². The number of benzene rings is 1. The molecule has 2 atom stereocenters. The van der Waals surface area contributed by atoms with E-state index in [9.17, 15) is 13.6 Å². The third-order valence-corrected chi connectivity index (χ3v) is 3.28. The molecule has 126 valence electrons. The molecule has 1 rings (SSSR count). The lowest BCUT2D eigenvalue weighted by Gasteiger charge is -2.25. The first-order chi connectivity index (χ1) is 10.6. The van der Waals surface area contributed by atoms with Gasteiger partial charge in [-0.25, -0.2) is 8.78 Å². The van der Waals surface area contributed by atoms with Gasteiger partial charge < -0.3 is 10.1 Å². The second-order valence-electron chi connectivity index (χ2n) is 6.59. The largest absolute Gasteiger partial charge is 0.375 e. The zero-order valence-electron chi connectivity index (χ0n) is 13.8. The lowest BCUT2D eigenvalue weighted by Crippen LogP contribution is -2.43. The predicted octanol–water partition coefficient (Wildman–Crippen LogP) is 3.17. The maximum absolute atomic E-state index is 13.4. The highest BCUT2D eigenvalue weighted by molar-refractivity contribution is 5.82. The summed E-state index contributed by atoms with van der Waals surface area (Å²) in [6, 6.07) is 4.80. The van der Waals surface area contributed by atoms with Gasteiger partial charge in [-0.2, -0.15) is 5.26 Å². The van der Waals surface area contributed by atoms with E-state index in [4.69, 9.17) is 10.00 Å². The average Bonchev–Trinajstić information content (AvgIpc) is 2.41. The standard InChI is InChI=1S/C17H22F2N2O2/c1-11(21-16(22)14(8-20)17(2,3)4)9-23-10-12-7-13(18)5-6-15(12)19/h5-7,11,14H,9-10H2,1-4H3,(H,21,22)/t11-,14-/m0/s1. The molecule has 4 nitrogen and oxygen atoms in total. The number of carbonyl (C=O) groups is 1. The molecular weight excluding hydrogens is 302 g/mol. The summed E-state index contributed by atoms with van der Waals surface area (Å²) in [6.45, 7) is 7.20. The van der Waals surface area contributed by atoms with Crippen LogP contribution in [0, 0.1) is 34.3 Å². The van der Waals surface area contributed by atoms with Crippen molar-refractivity contribution in [3.63, 3.8) is 0 Å². The molecule has 0 spiro atoms. The van der Waals surface area contributed by atoms with Crippen LogP contribution >= 0.6 is 0 Å². The number of nitriles is 1. The van der Waals surface area contributed by atoms with Crippen molar-refractivity contribution in [2.75, 3.05) is 6.61 Å². The fraction of sp³-hybridized carbons (Fsp3) is 0.529. The molecule has 0 aliphatic rings. The Hall–Kier alpha value is -2.00. The summed E-state index contributed by atoms with van der Waals surface area (Å²) in [6.07, 6.45) is 0. The number of rotatable bonds is 6. The Balaban J connectivity index is 2.48. The number of nitrogens with zero attached hydrogens (tertiary/aromatic N) is 1. The quantitative estimate of drug-likeness (QED) is 0.874. The summed E-state index contributed by atoms with van der Waals surface area (Å²) in [7, 11) is 0. The summed E-state index contributed by atoms with van der Waals surface area (Å²) >= 11 is 0. The van der Waals surface area contributed by atoms with Crippen LogP contribution in [0.1, 0.15) is 33.3 Å². The first-order valence-electron chi connectivity index (χ1n) is 7.36. The van der Waals surface area contributed by atoms with Crippen molar-refractivity contribution in [2.24, 2.45) is 11.3 Å². The molecule has 0 saturated heterocycles. The third-order valence-electron chi connectivity index (χ3n) is 3.28. The second kappa shape index (κ2) is 8.02. The van der Waals surface area contributed by atoms with Gasteiger partial charge in [0, 0.05) is 11.6 Å². The molecule has 0 aliphatic heterocycles. The molecule has 1 aromatic carbocycles. The lowest BCUT2D eigenvalue weighted by atomic mass is 9.81. The Morgan fingerprint density at radius 3 is 2.61 bits per heavy atom. The monoisotopic (exact) mass is 324 g/mol. The number of ether oxygens (including phenoxy) is 1. The Labute approximate surface area is 135 Å². The van der Waals surface area contributed by atoms with Crippen LogP contribution in [0.5, 0.6) is 0 Å². The maximum Gasteiger partial charge on any atom is 0.238 e. The van der Waals surface area contributed by atoms with Crippen LogP contribution in [0.4, 0.5) is 8.78 Å². The molecule has 6 heteroatoms. The van der Waals surface area contributed by atoms with Gasteiger partial charge in [0.05, 0.1) is 19.3 Å². The molecule has 0 saturated carbocycles. The van der Waals surface area contributed by atoms with Gasteiger partial charge in [-0.15, -0.1) is 0 Å². The maximum atomic E-state index is 13.4. The topological polar surface area (TPSA) is 62.1 Å². The van der Waals surface area contributed by atoms with Gasteiger partial charge in [0.2, 0.25) is 5.91 Å². The number of hydrogen-bond donors (Lipinski definition) is 1. The number of hydrogen-bond acceptors (Lipinski definition) is 3. The molecule has 0 radical (unpaired) electrons. The lowest BCUT2D eigenvalue weighted by molar-refractivity contribution is -0.127. The summed E-state index contributed by atoms with van der Waals surface area (Å²) in [5.41, 5.74) is -0.350. The fourth-order valence-corrected chi connectivity index (χ4v) is 2.01. The van der Waals surface area contributed by atoms with E-state index in [0.29, 0.717) is 0 Å². The molecule has 1 amide bonds. The van der Waals surface area contributed by atoms with Gasteiger partial charge in [0.25, 0.3) is 0 Å². The van der Waals surface area contributed by atoms with E-state index in [1.54, 1.807) is 6.92 Å². The zero-order valence-corrected chi connectivity index (χ0v) is 13.8. The Kier molecular flexibility index (Phi) is 6.64. The molecule has 1 N–H and O–H groups in total. The van der Waals surface area contributed by atoms with Crippen molar-refractivity contribution >= 4 is 5.91 Å². The average molecular weight is 324 g/mol. The van der Waals surface area contributed by atoms with Gasteiger partial charge in [-0.05, 0) is 30.5 Å². The summed E-state index contributed by atoms with van der Waals surface area (Å²) < 4.78 is 31.8. The minimum Gasteiger partial charge on any atom is -0.375 e. The molecule has 0 fully saturated rings. The molecule has 0 unspecified atom stereocenters. The molecule has 0 bridgehead atoms. The number of carbonyl (C=O) groups excluding carboxylic acids is 1. The first-order valence-corrected chi connectivity index (χ1v) is 7.36. The van der Waals surface area contributed by atoms with E-state index in [2.05, 4.69) is 5.32 Å². The Morgan fingerprint density at radius 1 is 1.39 bits per heavy atom. The summed E-state index contributed by atoms with van der Waals surface area (Å²) in [4.78, 5) is 12.1.